The molecule has 0 spiro atoms. The van der Waals surface area contributed by atoms with Gasteiger partial charge in [0.1, 0.15) is 6.10 Å². The molecular formula is C17H27N3O3. The van der Waals surface area contributed by atoms with Gasteiger partial charge in [-0.1, -0.05) is 26.7 Å². The highest BCUT2D eigenvalue weighted by atomic mass is 16.5. The molecule has 1 amide bonds. The number of nitrogens with zero attached hydrogens (tertiary/aromatic N) is 3. The minimum Gasteiger partial charge on any atom is -0.477 e. The third kappa shape index (κ3) is 4.56. The standard InChI is InChI=1S/C17H27N3O3/c1-4-6-13(7-5-2)17(21)20-11-8-14(12-20)23-16-15(22-3)18-9-10-19-16/h9-10,13-14H,4-8,11-12H2,1-3H3. The number of ether oxygens (including phenoxy) is 2. The number of hydrogen-bond acceptors (Lipinski definition) is 5. The van der Waals surface area contributed by atoms with Crippen molar-refractivity contribution in [1.82, 2.24) is 14.9 Å². The number of carbonyl (C=O) groups is 1. The van der Waals surface area contributed by atoms with Crippen LogP contribution in [0.5, 0.6) is 11.8 Å². The van der Waals surface area contributed by atoms with E-state index in [2.05, 4.69) is 23.8 Å². The maximum Gasteiger partial charge on any atom is 0.278 e. The van der Waals surface area contributed by atoms with E-state index in [0.29, 0.717) is 18.3 Å². The van der Waals surface area contributed by atoms with Crippen LogP contribution in [-0.4, -0.2) is 47.1 Å². The van der Waals surface area contributed by atoms with Gasteiger partial charge in [-0.05, 0) is 12.8 Å². The highest BCUT2D eigenvalue weighted by Gasteiger charge is 2.31. The Kier molecular flexibility index (Phi) is 6.62. The van der Waals surface area contributed by atoms with E-state index in [4.69, 9.17) is 9.47 Å². The van der Waals surface area contributed by atoms with E-state index in [1.54, 1.807) is 19.5 Å². The van der Waals surface area contributed by atoms with Crippen LogP contribution in [0.3, 0.4) is 0 Å². The molecule has 1 saturated heterocycles. The van der Waals surface area contributed by atoms with Crippen LogP contribution in [0.15, 0.2) is 12.4 Å². The van der Waals surface area contributed by atoms with E-state index in [9.17, 15) is 4.79 Å². The molecule has 1 unspecified atom stereocenters. The summed E-state index contributed by atoms with van der Waals surface area (Å²) in [6, 6.07) is 0. The fraction of sp³-hybridized carbons (Fsp3) is 0.706. The normalized spacial score (nSPS) is 17.6. The number of likely N-dealkylation sites (tertiary alicyclic amines) is 1. The third-order valence-electron chi connectivity index (χ3n) is 4.19. The molecule has 1 fully saturated rings. The fourth-order valence-corrected chi connectivity index (χ4v) is 3.06. The Morgan fingerprint density at radius 3 is 2.52 bits per heavy atom. The van der Waals surface area contributed by atoms with Gasteiger partial charge in [0.05, 0.1) is 13.7 Å². The number of carbonyl (C=O) groups excluding carboxylic acids is 1. The molecule has 0 N–H and O–H groups in total. The van der Waals surface area contributed by atoms with Crippen molar-refractivity contribution in [1.29, 1.82) is 0 Å². The minimum absolute atomic E-state index is 0.0477. The lowest BCUT2D eigenvalue weighted by atomic mass is 9.97. The van der Waals surface area contributed by atoms with Gasteiger partial charge < -0.3 is 14.4 Å². The van der Waals surface area contributed by atoms with E-state index in [1.165, 1.54) is 0 Å². The van der Waals surface area contributed by atoms with Gasteiger partial charge in [0.25, 0.3) is 11.8 Å². The first-order valence-electron chi connectivity index (χ1n) is 8.50. The lowest BCUT2D eigenvalue weighted by Gasteiger charge is -2.23. The second-order valence-electron chi connectivity index (χ2n) is 5.96. The zero-order valence-electron chi connectivity index (χ0n) is 14.3. The quantitative estimate of drug-likeness (QED) is 0.736. The molecule has 1 aliphatic rings. The van der Waals surface area contributed by atoms with E-state index < -0.39 is 0 Å². The van der Waals surface area contributed by atoms with Gasteiger partial charge in [-0.25, -0.2) is 9.97 Å². The average Bonchev–Trinajstić information content (AvgIpc) is 3.03. The lowest BCUT2D eigenvalue weighted by Crippen LogP contribution is -2.35. The molecule has 6 nitrogen and oxygen atoms in total. The number of rotatable bonds is 8. The van der Waals surface area contributed by atoms with Crippen molar-refractivity contribution in [2.45, 2.75) is 52.1 Å². The molecule has 0 saturated carbocycles. The molecule has 0 radical (unpaired) electrons. The first kappa shape index (κ1) is 17.5. The van der Waals surface area contributed by atoms with Crippen molar-refractivity contribution in [3.63, 3.8) is 0 Å². The van der Waals surface area contributed by atoms with Gasteiger partial charge in [0, 0.05) is 31.3 Å². The molecule has 0 aliphatic carbocycles. The van der Waals surface area contributed by atoms with E-state index in [-0.39, 0.29) is 17.9 Å². The molecule has 0 bridgehead atoms. The van der Waals surface area contributed by atoms with E-state index in [1.807, 2.05) is 4.90 Å². The fourth-order valence-electron chi connectivity index (χ4n) is 3.06. The second-order valence-corrected chi connectivity index (χ2v) is 5.96. The van der Waals surface area contributed by atoms with Crippen LogP contribution in [0.25, 0.3) is 0 Å². The van der Waals surface area contributed by atoms with Crippen LogP contribution in [0.1, 0.15) is 46.0 Å². The summed E-state index contributed by atoms with van der Waals surface area (Å²) in [4.78, 5) is 22.8. The maximum atomic E-state index is 12.7. The monoisotopic (exact) mass is 321 g/mol. The lowest BCUT2D eigenvalue weighted by molar-refractivity contribution is -0.135. The zero-order chi connectivity index (χ0) is 16.7. The Bertz CT molecular complexity index is 504. The van der Waals surface area contributed by atoms with Crippen LogP contribution in [0.4, 0.5) is 0 Å². The van der Waals surface area contributed by atoms with Gasteiger partial charge in [-0.2, -0.15) is 0 Å². The largest absolute Gasteiger partial charge is 0.477 e. The molecule has 1 aromatic heterocycles. The molecular weight excluding hydrogens is 294 g/mol. The maximum absolute atomic E-state index is 12.7. The van der Waals surface area contributed by atoms with Gasteiger partial charge in [-0.15, -0.1) is 0 Å². The Balaban J connectivity index is 1.93. The molecule has 1 atom stereocenters. The summed E-state index contributed by atoms with van der Waals surface area (Å²) in [6.07, 6.45) is 7.93. The van der Waals surface area contributed by atoms with Gasteiger partial charge in [0.15, 0.2) is 0 Å². The number of methoxy groups -OCH3 is 1. The number of hydrogen-bond donors (Lipinski definition) is 0. The van der Waals surface area contributed by atoms with Crippen molar-refractivity contribution in [2.75, 3.05) is 20.2 Å². The predicted octanol–water partition coefficient (Wildman–Crippen LogP) is 2.68. The molecule has 23 heavy (non-hydrogen) atoms. The molecule has 2 heterocycles. The van der Waals surface area contributed by atoms with Crippen molar-refractivity contribution in [3.05, 3.63) is 12.4 Å². The van der Waals surface area contributed by atoms with Crippen molar-refractivity contribution in [2.24, 2.45) is 5.92 Å². The van der Waals surface area contributed by atoms with Crippen molar-refractivity contribution in [3.8, 4) is 11.8 Å². The van der Waals surface area contributed by atoms with Crippen LogP contribution in [0, 0.1) is 5.92 Å². The Hall–Kier alpha value is -1.85. The summed E-state index contributed by atoms with van der Waals surface area (Å²) in [5.41, 5.74) is 0. The summed E-state index contributed by atoms with van der Waals surface area (Å²) in [5, 5.41) is 0. The summed E-state index contributed by atoms with van der Waals surface area (Å²) in [7, 11) is 1.54. The number of amides is 1. The summed E-state index contributed by atoms with van der Waals surface area (Å²) in [5.74, 6) is 1.20. The molecule has 2 rings (SSSR count). The zero-order valence-corrected chi connectivity index (χ0v) is 14.3. The highest BCUT2D eigenvalue weighted by Crippen LogP contribution is 2.25. The van der Waals surface area contributed by atoms with E-state index in [0.717, 1.165) is 38.6 Å². The van der Waals surface area contributed by atoms with Crippen molar-refractivity contribution < 1.29 is 14.3 Å². The molecule has 1 aliphatic heterocycles. The molecule has 1 aromatic rings. The van der Waals surface area contributed by atoms with Crippen LogP contribution < -0.4 is 9.47 Å². The van der Waals surface area contributed by atoms with Crippen LogP contribution >= 0.6 is 0 Å². The summed E-state index contributed by atoms with van der Waals surface area (Å²) in [6.45, 7) is 5.62. The number of aromatic nitrogens is 2. The van der Waals surface area contributed by atoms with Crippen LogP contribution in [0.2, 0.25) is 0 Å². The smallest absolute Gasteiger partial charge is 0.278 e. The molecule has 128 valence electrons. The van der Waals surface area contributed by atoms with E-state index >= 15 is 0 Å². The first-order valence-corrected chi connectivity index (χ1v) is 8.50. The minimum atomic E-state index is -0.0477. The van der Waals surface area contributed by atoms with Gasteiger partial charge >= 0.3 is 0 Å². The topological polar surface area (TPSA) is 64.6 Å². The molecule has 0 aromatic carbocycles. The summed E-state index contributed by atoms with van der Waals surface area (Å²) >= 11 is 0. The Morgan fingerprint density at radius 1 is 1.26 bits per heavy atom. The second kappa shape index (κ2) is 8.70. The Labute approximate surface area is 138 Å². The summed E-state index contributed by atoms with van der Waals surface area (Å²) < 4.78 is 11.0. The SMILES string of the molecule is CCCC(CCC)C(=O)N1CCC(Oc2nccnc2OC)C1. The average molecular weight is 321 g/mol. The first-order chi connectivity index (χ1) is 11.2. The molecule has 6 heteroatoms. The Morgan fingerprint density at radius 2 is 1.91 bits per heavy atom. The third-order valence-corrected chi connectivity index (χ3v) is 4.19. The van der Waals surface area contributed by atoms with Crippen LogP contribution in [-0.2, 0) is 4.79 Å². The van der Waals surface area contributed by atoms with Gasteiger partial charge in [0.2, 0.25) is 5.91 Å². The van der Waals surface area contributed by atoms with Gasteiger partial charge in [-0.3, -0.25) is 4.79 Å². The highest BCUT2D eigenvalue weighted by molar-refractivity contribution is 5.79. The predicted molar refractivity (Wildman–Crippen MR) is 87.5 cm³/mol. The van der Waals surface area contributed by atoms with Crippen molar-refractivity contribution >= 4 is 5.91 Å².